The molecule has 7 rings (SSSR count). The standard InChI is InChI=1S/C25H12O/c26-12-18-11-17-8-7-15-4-2-13-1-3-14-5-6-16-9-10-19(18)25-23(16)21(14)20(13)22(15)24(17)25/h1-10H,11H2. The molecule has 0 fully saturated rings. The highest BCUT2D eigenvalue weighted by molar-refractivity contribution is 6.42. The number of benzene rings is 6. The van der Waals surface area contributed by atoms with Crippen LogP contribution >= 0.6 is 0 Å². The molecule has 0 heterocycles. The first-order valence-electron chi connectivity index (χ1n) is 8.96. The lowest BCUT2D eigenvalue weighted by Crippen LogP contribution is -2.03. The van der Waals surface area contributed by atoms with Gasteiger partial charge in [-0.1, -0.05) is 60.7 Å². The van der Waals surface area contributed by atoms with E-state index in [-0.39, 0.29) is 0 Å². The molecule has 1 heteroatoms. The fraction of sp³-hybridized carbons (Fsp3) is 0.0400. The Bertz CT molecular complexity index is 1590. The minimum atomic E-state index is 0.668. The van der Waals surface area contributed by atoms with E-state index in [1.54, 1.807) is 0 Å². The highest BCUT2D eigenvalue weighted by atomic mass is 16.1. The lowest BCUT2D eigenvalue weighted by Gasteiger charge is -2.24. The van der Waals surface area contributed by atoms with Crippen molar-refractivity contribution >= 4 is 65.4 Å². The summed E-state index contributed by atoms with van der Waals surface area (Å²) in [6, 6.07) is 22.0. The predicted molar refractivity (Wildman–Crippen MR) is 109 cm³/mol. The van der Waals surface area contributed by atoms with Crippen LogP contribution in [-0.4, -0.2) is 5.94 Å². The van der Waals surface area contributed by atoms with Gasteiger partial charge < -0.3 is 0 Å². The molecule has 0 saturated heterocycles. The van der Waals surface area contributed by atoms with E-state index in [4.69, 9.17) is 0 Å². The average Bonchev–Trinajstić information content (AvgIpc) is 2.71. The Morgan fingerprint density at radius 3 is 1.58 bits per heavy atom. The molecule has 0 spiro atoms. The molecule has 0 bridgehead atoms. The first-order valence-corrected chi connectivity index (χ1v) is 8.96. The van der Waals surface area contributed by atoms with Crippen LogP contribution in [0.1, 0.15) is 11.1 Å². The first-order chi connectivity index (χ1) is 12.8. The van der Waals surface area contributed by atoms with Gasteiger partial charge in [0.15, 0.2) is 0 Å². The second-order valence-electron chi connectivity index (χ2n) is 7.43. The molecule has 6 aromatic rings. The third-order valence-corrected chi connectivity index (χ3v) is 6.28. The lowest BCUT2D eigenvalue weighted by atomic mass is 9.78. The monoisotopic (exact) mass is 328 g/mol. The van der Waals surface area contributed by atoms with Crippen molar-refractivity contribution in [2.24, 2.45) is 0 Å². The highest BCUT2D eigenvalue weighted by Crippen LogP contribution is 2.49. The van der Waals surface area contributed by atoms with Gasteiger partial charge >= 0.3 is 0 Å². The summed E-state index contributed by atoms with van der Waals surface area (Å²) in [7, 11) is 0. The van der Waals surface area contributed by atoms with Gasteiger partial charge in [-0.25, -0.2) is 4.79 Å². The van der Waals surface area contributed by atoms with E-state index >= 15 is 0 Å². The van der Waals surface area contributed by atoms with Crippen LogP contribution in [0.15, 0.2) is 60.7 Å². The molecule has 0 unspecified atom stereocenters. The van der Waals surface area contributed by atoms with Crippen molar-refractivity contribution in [2.75, 3.05) is 0 Å². The fourth-order valence-corrected chi connectivity index (χ4v) is 5.23. The Morgan fingerprint density at radius 2 is 1.00 bits per heavy atom. The number of hydrogen-bond donors (Lipinski definition) is 0. The van der Waals surface area contributed by atoms with Crippen LogP contribution in [0.3, 0.4) is 0 Å². The predicted octanol–water partition coefficient (Wildman–Crippen LogP) is 6.10. The van der Waals surface area contributed by atoms with Crippen LogP contribution < -0.4 is 0 Å². The molecule has 1 nitrogen and oxygen atoms in total. The maximum atomic E-state index is 11.7. The second kappa shape index (κ2) is 4.04. The van der Waals surface area contributed by atoms with Gasteiger partial charge in [0.05, 0.1) is 0 Å². The van der Waals surface area contributed by atoms with Crippen LogP contribution in [0.4, 0.5) is 0 Å². The Labute approximate surface area is 148 Å². The number of carbonyl (C=O) groups excluding carboxylic acids is 1. The Balaban J connectivity index is 2.04. The summed E-state index contributed by atoms with van der Waals surface area (Å²) in [6.07, 6.45) is 0.668. The quantitative estimate of drug-likeness (QED) is 0.187. The van der Waals surface area contributed by atoms with Crippen molar-refractivity contribution in [2.45, 2.75) is 6.42 Å². The molecule has 6 aromatic carbocycles. The number of allylic oxidation sites excluding steroid dienone is 1. The molecule has 0 N–H and O–H groups in total. The molecule has 0 aliphatic heterocycles. The largest absolute Gasteiger partial charge is 0.233 e. The van der Waals surface area contributed by atoms with Gasteiger partial charge in [0, 0.05) is 12.0 Å². The Kier molecular flexibility index (Phi) is 2.00. The molecular formula is C25H12O. The molecule has 1 aliphatic rings. The minimum absolute atomic E-state index is 0.668. The van der Waals surface area contributed by atoms with E-state index in [0.29, 0.717) is 6.42 Å². The molecule has 118 valence electrons. The molecule has 26 heavy (non-hydrogen) atoms. The van der Waals surface area contributed by atoms with E-state index in [1.807, 2.05) is 0 Å². The van der Waals surface area contributed by atoms with Gasteiger partial charge in [-0.3, -0.25) is 0 Å². The summed E-state index contributed by atoms with van der Waals surface area (Å²) in [6.45, 7) is 0. The molecule has 0 atom stereocenters. The van der Waals surface area contributed by atoms with Crippen molar-refractivity contribution in [3.8, 4) is 0 Å². The maximum Gasteiger partial charge on any atom is 0.128 e. The summed E-state index contributed by atoms with van der Waals surface area (Å²) >= 11 is 0. The van der Waals surface area contributed by atoms with Crippen molar-refractivity contribution < 1.29 is 4.79 Å². The van der Waals surface area contributed by atoms with E-state index in [1.165, 1.54) is 59.4 Å². The normalized spacial score (nSPS) is 13.9. The van der Waals surface area contributed by atoms with Gasteiger partial charge in [-0.05, 0) is 65.0 Å². The van der Waals surface area contributed by atoms with Gasteiger partial charge in [0.1, 0.15) is 5.94 Å². The summed E-state index contributed by atoms with van der Waals surface area (Å²) in [5.74, 6) is 2.22. The zero-order valence-electron chi connectivity index (χ0n) is 13.9. The van der Waals surface area contributed by atoms with E-state index in [2.05, 4.69) is 66.6 Å². The number of hydrogen-bond acceptors (Lipinski definition) is 1. The molecular weight excluding hydrogens is 316 g/mol. The molecule has 0 amide bonds. The summed E-state index contributed by atoms with van der Waals surface area (Å²) < 4.78 is 0. The van der Waals surface area contributed by atoms with Crippen LogP contribution in [0.5, 0.6) is 0 Å². The van der Waals surface area contributed by atoms with Crippen molar-refractivity contribution in [1.82, 2.24) is 0 Å². The Morgan fingerprint density at radius 1 is 0.538 bits per heavy atom. The van der Waals surface area contributed by atoms with Crippen LogP contribution in [-0.2, 0) is 11.2 Å². The highest BCUT2D eigenvalue weighted by Gasteiger charge is 2.25. The van der Waals surface area contributed by atoms with Crippen molar-refractivity contribution in [3.05, 3.63) is 71.8 Å². The van der Waals surface area contributed by atoms with Crippen LogP contribution in [0.2, 0.25) is 0 Å². The summed E-state index contributed by atoms with van der Waals surface area (Å²) in [5, 5.41) is 13.0. The third kappa shape index (κ3) is 1.25. The molecule has 1 aliphatic carbocycles. The lowest BCUT2D eigenvalue weighted by molar-refractivity contribution is 0.569. The zero-order valence-corrected chi connectivity index (χ0v) is 13.9. The second-order valence-corrected chi connectivity index (χ2v) is 7.43. The first kappa shape index (κ1) is 12.9. The van der Waals surface area contributed by atoms with Gasteiger partial charge in [0.25, 0.3) is 0 Å². The molecule has 0 saturated carbocycles. The third-order valence-electron chi connectivity index (χ3n) is 6.28. The molecule has 0 aromatic heterocycles. The van der Waals surface area contributed by atoms with Gasteiger partial charge in [0.2, 0.25) is 0 Å². The van der Waals surface area contributed by atoms with Crippen molar-refractivity contribution in [3.63, 3.8) is 0 Å². The smallest absolute Gasteiger partial charge is 0.128 e. The fourth-order valence-electron chi connectivity index (χ4n) is 5.23. The van der Waals surface area contributed by atoms with Crippen LogP contribution in [0, 0.1) is 0 Å². The van der Waals surface area contributed by atoms with Crippen molar-refractivity contribution in [1.29, 1.82) is 0 Å². The summed E-state index contributed by atoms with van der Waals surface area (Å²) in [5.41, 5.74) is 3.08. The van der Waals surface area contributed by atoms with E-state index < -0.39 is 0 Å². The topological polar surface area (TPSA) is 17.1 Å². The van der Waals surface area contributed by atoms with Gasteiger partial charge in [-0.15, -0.1) is 0 Å². The van der Waals surface area contributed by atoms with E-state index in [0.717, 1.165) is 11.1 Å². The SMILES string of the molecule is O=C=C1Cc2ccc3ccc4ccc5ccc6ccc1c1c2c3c4c5c61. The molecule has 0 radical (unpaired) electrons. The zero-order chi connectivity index (χ0) is 17.0. The van der Waals surface area contributed by atoms with Crippen LogP contribution in [0.25, 0.3) is 59.4 Å². The minimum Gasteiger partial charge on any atom is -0.233 e. The Hall–Kier alpha value is -3.41. The van der Waals surface area contributed by atoms with E-state index in [9.17, 15) is 4.79 Å². The summed E-state index contributed by atoms with van der Waals surface area (Å²) in [4.78, 5) is 11.7. The average molecular weight is 328 g/mol. The number of rotatable bonds is 0. The maximum absolute atomic E-state index is 11.7. The van der Waals surface area contributed by atoms with Gasteiger partial charge in [-0.2, -0.15) is 0 Å².